The molecule has 0 aromatic carbocycles. The fraction of sp³-hybridized carbons (Fsp3) is 0.750. The zero-order valence-electron chi connectivity index (χ0n) is 13.6. The molecule has 18 heteroatoms. The second-order valence-corrected chi connectivity index (χ2v) is 5.48. The second kappa shape index (κ2) is 7.67. The van der Waals surface area contributed by atoms with E-state index in [1.54, 1.807) is 0 Å². The van der Waals surface area contributed by atoms with Gasteiger partial charge in [-0.3, -0.25) is 0 Å². The number of carboxylic acid groups (broad SMARTS) is 1. The molecule has 30 heavy (non-hydrogen) atoms. The molecule has 0 heterocycles. The molecule has 0 rings (SSSR count). The van der Waals surface area contributed by atoms with Crippen LogP contribution in [0.25, 0.3) is 0 Å². The highest BCUT2D eigenvalue weighted by molar-refractivity contribution is 5.85. The minimum Gasteiger partial charge on any atom is -0.478 e. The Labute approximate surface area is 155 Å². The number of carboxylic acids is 1. The Hall–Kier alpha value is -1.88. The molecule has 1 N–H and O–H groups in total. The first-order valence-corrected chi connectivity index (χ1v) is 6.65. The summed E-state index contributed by atoms with van der Waals surface area (Å²) in [6.45, 7) is -2.08. The Balaban J connectivity index is 6.10. The first-order valence-electron chi connectivity index (χ1n) is 6.65. The molecule has 0 amide bonds. The van der Waals surface area contributed by atoms with E-state index in [2.05, 4.69) is 11.3 Å². The third-order valence-corrected chi connectivity index (χ3v) is 3.25. The van der Waals surface area contributed by atoms with E-state index >= 15 is 0 Å². The van der Waals surface area contributed by atoms with Crippen LogP contribution in [0.3, 0.4) is 0 Å². The van der Waals surface area contributed by atoms with Crippen LogP contribution in [0.2, 0.25) is 0 Å². The van der Waals surface area contributed by atoms with E-state index in [9.17, 15) is 70.7 Å². The van der Waals surface area contributed by atoms with Crippen LogP contribution in [0.1, 0.15) is 0 Å². The summed E-state index contributed by atoms with van der Waals surface area (Å²) in [5.74, 6) is -49.2. The second-order valence-electron chi connectivity index (χ2n) is 5.48. The van der Waals surface area contributed by atoms with Crippen LogP contribution in [-0.2, 0) is 9.53 Å². The minimum absolute atomic E-state index is 1.16. The Morgan fingerprint density at radius 3 is 1.33 bits per heavy atom. The highest BCUT2D eigenvalue weighted by Gasteiger charge is 2.93. The standard InChI is InChI=1S/C12H7F15O3/c1-4(5(28)29)2-30-3-6(13,14)7(15,16)8(17,18)9(19,20)10(21,22)11(23,24)12(25,26)27/h1-3H2,(H,28,29). The van der Waals surface area contributed by atoms with Gasteiger partial charge in [0, 0.05) is 0 Å². The summed E-state index contributed by atoms with van der Waals surface area (Å²) in [7, 11) is 0. The lowest BCUT2D eigenvalue weighted by Crippen LogP contribution is -2.73. The fourth-order valence-corrected chi connectivity index (χ4v) is 1.45. The van der Waals surface area contributed by atoms with Crippen LogP contribution in [0.4, 0.5) is 65.9 Å². The lowest BCUT2D eigenvalue weighted by Gasteiger charge is -2.41. The Morgan fingerprint density at radius 2 is 1.00 bits per heavy atom. The molecule has 0 atom stereocenters. The molecule has 0 saturated carbocycles. The van der Waals surface area contributed by atoms with Crippen LogP contribution >= 0.6 is 0 Å². The Bertz CT molecular complexity index is 664. The number of hydrogen-bond donors (Lipinski definition) is 1. The van der Waals surface area contributed by atoms with Gasteiger partial charge in [0.25, 0.3) is 0 Å². The van der Waals surface area contributed by atoms with Gasteiger partial charge < -0.3 is 9.84 Å². The first-order chi connectivity index (χ1) is 12.8. The molecular weight excluding hydrogens is 477 g/mol. The molecule has 178 valence electrons. The van der Waals surface area contributed by atoms with Gasteiger partial charge in [-0.2, -0.15) is 65.9 Å². The van der Waals surface area contributed by atoms with Crippen molar-refractivity contribution in [2.75, 3.05) is 13.2 Å². The smallest absolute Gasteiger partial charge is 0.460 e. The summed E-state index contributed by atoms with van der Waals surface area (Å²) in [5, 5.41) is 8.26. The van der Waals surface area contributed by atoms with Crippen molar-refractivity contribution in [1.82, 2.24) is 0 Å². The number of ether oxygens (including phenoxy) is 1. The van der Waals surface area contributed by atoms with Crippen LogP contribution in [0.5, 0.6) is 0 Å². The van der Waals surface area contributed by atoms with Crippen molar-refractivity contribution in [3.8, 4) is 0 Å². The van der Waals surface area contributed by atoms with Gasteiger partial charge in [-0.05, 0) is 0 Å². The Morgan fingerprint density at radius 1 is 0.667 bits per heavy atom. The number of halogens is 15. The van der Waals surface area contributed by atoms with Gasteiger partial charge in [0.1, 0.15) is 6.61 Å². The zero-order chi connectivity index (χ0) is 24.8. The van der Waals surface area contributed by atoms with Gasteiger partial charge in [0.2, 0.25) is 0 Å². The summed E-state index contributed by atoms with van der Waals surface area (Å²) < 4.78 is 196. The molecule has 0 radical (unpaired) electrons. The summed E-state index contributed by atoms with van der Waals surface area (Å²) in [5.41, 5.74) is -1.16. The third-order valence-electron chi connectivity index (χ3n) is 3.25. The quantitative estimate of drug-likeness (QED) is 0.350. The fourth-order valence-electron chi connectivity index (χ4n) is 1.45. The molecular formula is C12H7F15O3. The van der Waals surface area contributed by atoms with E-state index < -0.39 is 66.5 Å². The normalized spacial score (nSPS) is 15.3. The van der Waals surface area contributed by atoms with E-state index in [1.165, 1.54) is 0 Å². The van der Waals surface area contributed by atoms with Crippen molar-refractivity contribution in [3.05, 3.63) is 12.2 Å². The summed E-state index contributed by atoms with van der Waals surface area (Å²) >= 11 is 0. The van der Waals surface area contributed by atoms with Crippen molar-refractivity contribution in [2.24, 2.45) is 0 Å². The average molecular weight is 484 g/mol. The van der Waals surface area contributed by atoms with Crippen LogP contribution in [-0.4, -0.2) is 66.0 Å². The van der Waals surface area contributed by atoms with Crippen molar-refractivity contribution < 1.29 is 80.5 Å². The molecule has 3 nitrogen and oxygen atoms in total. The monoisotopic (exact) mass is 484 g/mol. The van der Waals surface area contributed by atoms with E-state index in [-0.39, 0.29) is 0 Å². The van der Waals surface area contributed by atoms with Gasteiger partial charge in [-0.1, -0.05) is 6.58 Å². The van der Waals surface area contributed by atoms with Crippen molar-refractivity contribution >= 4 is 5.97 Å². The predicted octanol–water partition coefficient (Wildman–Crippen LogP) is 5.02. The summed E-state index contributed by atoms with van der Waals surface area (Å²) in [6, 6.07) is 0. The van der Waals surface area contributed by atoms with Gasteiger partial charge in [0.15, 0.2) is 0 Å². The maximum Gasteiger partial charge on any atom is 0.460 e. The van der Waals surface area contributed by atoms with E-state index in [0.29, 0.717) is 0 Å². The van der Waals surface area contributed by atoms with Gasteiger partial charge in [0.05, 0.1) is 12.2 Å². The number of alkyl halides is 15. The summed E-state index contributed by atoms with van der Waals surface area (Å²) in [6.07, 6.45) is -7.67. The zero-order valence-corrected chi connectivity index (χ0v) is 13.6. The SMILES string of the molecule is C=C(COCC(F)(F)C(F)(F)C(F)(F)C(F)(F)C(F)(F)C(F)(F)C(F)(F)F)C(=O)O. The van der Waals surface area contributed by atoms with Crippen LogP contribution in [0.15, 0.2) is 12.2 Å². The molecule has 0 aromatic heterocycles. The molecule has 0 unspecified atom stereocenters. The van der Waals surface area contributed by atoms with E-state index in [4.69, 9.17) is 5.11 Å². The first kappa shape index (κ1) is 28.1. The third kappa shape index (κ3) is 4.14. The number of hydrogen-bond acceptors (Lipinski definition) is 2. The molecule has 0 aromatic rings. The minimum atomic E-state index is -8.38. The Kier molecular flexibility index (Phi) is 7.19. The highest BCUT2D eigenvalue weighted by atomic mass is 19.4. The van der Waals surface area contributed by atoms with Crippen molar-refractivity contribution in [1.29, 1.82) is 0 Å². The lowest BCUT2D eigenvalue weighted by atomic mass is 9.91. The topological polar surface area (TPSA) is 46.5 Å². The predicted molar refractivity (Wildman–Crippen MR) is 63.3 cm³/mol. The van der Waals surface area contributed by atoms with E-state index in [0.717, 1.165) is 0 Å². The van der Waals surface area contributed by atoms with Gasteiger partial charge in [-0.25, -0.2) is 4.79 Å². The molecule has 0 aliphatic rings. The van der Waals surface area contributed by atoms with Crippen molar-refractivity contribution in [3.63, 3.8) is 0 Å². The molecule has 0 aliphatic heterocycles. The number of carbonyl (C=O) groups is 1. The maximum atomic E-state index is 13.3. The number of aliphatic carboxylic acids is 1. The largest absolute Gasteiger partial charge is 0.478 e. The van der Waals surface area contributed by atoms with Crippen molar-refractivity contribution in [2.45, 2.75) is 41.7 Å². The van der Waals surface area contributed by atoms with Crippen LogP contribution < -0.4 is 0 Å². The molecule has 0 bridgehead atoms. The number of rotatable bonds is 10. The van der Waals surface area contributed by atoms with E-state index in [1.807, 2.05) is 0 Å². The lowest BCUT2D eigenvalue weighted by molar-refractivity contribution is -0.453. The van der Waals surface area contributed by atoms with Gasteiger partial charge >= 0.3 is 47.7 Å². The molecule has 0 saturated heterocycles. The highest BCUT2D eigenvalue weighted by Crippen LogP contribution is 2.62. The maximum absolute atomic E-state index is 13.3. The summed E-state index contributed by atoms with van der Waals surface area (Å²) in [4.78, 5) is 10.2. The molecule has 0 aliphatic carbocycles. The molecule has 0 spiro atoms. The van der Waals surface area contributed by atoms with Crippen LogP contribution in [0, 0.1) is 0 Å². The average Bonchev–Trinajstić information content (AvgIpc) is 2.52. The molecule has 0 fully saturated rings. The van der Waals surface area contributed by atoms with Gasteiger partial charge in [-0.15, -0.1) is 0 Å².